The van der Waals surface area contributed by atoms with Gasteiger partial charge in [-0.15, -0.1) is 0 Å². The number of hydrogen-bond donors (Lipinski definition) is 1. The van der Waals surface area contributed by atoms with E-state index in [-0.39, 0.29) is 0 Å². The number of unbranched alkanes of at least 4 members (excludes halogenated alkanes) is 6. The van der Waals surface area contributed by atoms with Gasteiger partial charge in [0.05, 0.1) is 0 Å². The zero-order chi connectivity index (χ0) is 13.2. The molecule has 0 spiro atoms. The lowest BCUT2D eigenvalue weighted by Gasteiger charge is -2.05. The molecule has 0 aliphatic rings. The van der Waals surface area contributed by atoms with Crippen molar-refractivity contribution in [3.63, 3.8) is 0 Å². The molecule has 1 aromatic carbocycles. The lowest BCUT2D eigenvalue weighted by Crippen LogP contribution is -1.88. The first-order valence-electron chi connectivity index (χ1n) is 6.79. The van der Waals surface area contributed by atoms with Crippen molar-refractivity contribution in [2.45, 2.75) is 51.4 Å². The Hall–Kier alpha value is 0.150. The van der Waals surface area contributed by atoms with Crippen molar-refractivity contribution >= 4 is 35.8 Å². The normalized spacial score (nSPS) is 10.8. The summed E-state index contributed by atoms with van der Waals surface area (Å²) in [7, 11) is 0. The standard InChI is InChI=1S/C15H22Cl2S/c16-14-10-9-13(15(17)12-14)8-6-4-2-1-3-5-7-11-18/h9-10,12,18H,1-8,11H2. The van der Waals surface area contributed by atoms with Gasteiger partial charge in [-0.05, 0) is 42.7 Å². The summed E-state index contributed by atoms with van der Waals surface area (Å²) in [6, 6.07) is 5.79. The summed E-state index contributed by atoms with van der Waals surface area (Å²) in [4.78, 5) is 0. The average molecular weight is 305 g/mol. The second kappa shape index (κ2) is 10.00. The first kappa shape index (κ1) is 16.2. The van der Waals surface area contributed by atoms with Crippen molar-refractivity contribution in [1.82, 2.24) is 0 Å². The molecule has 0 aliphatic heterocycles. The Morgan fingerprint density at radius 2 is 1.44 bits per heavy atom. The Bertz CT molecular complexity index is 339. The molecule has 0 fully saturated rings. The molecule has 0 heterocycles. The third kappa shape index (κ3) is 6.92. The van der Waals surface area contributed by atoms with Gasteiger partial charge in [0.1, 0.15) is 0 Å². The molecule has 0 nitrogen and oxygen atoms in total. The third-order valence-corrected chi connectivity index (χ3v) is 4.02. The smallest absolute Gasteiger partial charge is 0.0452 e. The molecule has 0 amide bonds. The molecule has 1 rings (SSSR count). The van der Waals surface area contributed by atoms with Crippen LogP contribution in [0.3, 0.4) is 0 Å². The van der Waals surface area contributed by atoms with Gasteiger partial charge >= 0.3 is 0 Å². The highest BCUT2D eigenvalue weighted by Crippen LogP contribution is 2.22. The minimum atomic E-state index is 0.716. The predicted molar refractivity (Wildman–Crippen MR) is 86.3 cm³/mol. The number of hydrogen-bond acceptors (Lipinski definition) is 1. The molecule has 1 aromatic rings. The maximum atomic E-state index is 6.14. The van der Waals surface area contributed by atoms with Crippen LogP contribution in [-0.2, 0) is 6.42 Å². The summed E-state index contributed by atoms with van der Waals surface area (Å²) >= 11 is 16.2. The molecule has 0 saturated carbocycles. The molecular weight excluding hydrogens is 283 g/mol. The van der Waals surface area contributed by atoms with Gasteiger partial charge in [-0.25, -0.2) is 0 Å². The minimum Gasteiger partial charge on any atom is -0.179 e. The molecule has 102 valence electrons. The zero-order valence-corrected chi connectivity index (χ0v) is 13.2. The van der Waals surface area contributed by atoms with Gasteiger partial charge in [-0.1, -0.05) is 61.4 Å². The lowest BCUT2D eigenvalue weighted by atomic mass is 10.0. The number of rotatable bonds is 9. The van der Waals surface area contributed by atoms with Crippen LogP contribution >= 0.6 is 35.8 Å². The van der Waals surface area contributed by atoms with Crippen molar-refractivity contribution in [3.8, 4) is 0 Å². The van der Waals surface area contributed by atoms with Crippen LogP contribution in [0.1, 0.15) is 50.5 Å². The van der Waals surface area contributed by atoms with Crippen LogP contribution in [0.5, 0.6) is 0 Å². The molecule has 0 saturated heterocycles. The average Bonchev–Trinajstić information content (AvgIpc) is 2.35. The van der Waals surface area contributed by atoms with E-state index in [4.69, 9.17) is 23.2 Å². The molecule has 0 radical (unpaired) electrons. The largest absolute Gasteiger partial charge is 0.179 e. The molecule has 0 unspecified atom stereocenters. The van der Waals surface area contributed by atoms with Gasteiger partial charge in [0.2, 0.25) is 0 Å². The molecule has 0 atom stereocenters. The predicted octanol–water partition coefficient (Wildman–Crippen LogP) is 6.20. The summed E-state index contributed by atoms with van der Waals surface area (Å²) < 4.78 is 0. The van der Waals surface area contributed by atoms with Gasteiger partial charge in [-0.3, -0.25) is 0 Å². The summed E-state index contributed by atoms with van der Waals surface area (Å²) in [6.07, 6.45) is 10.2. The highest BCUT2D eigenvalue weighted by Gasteiger charge is 2.01. The van der Waals surface area contributed by atoms with Crippen LogP contribution in [0, 0.1) is 0 Å². The van der Waals surface area contributed by atoms with Crippen molar-refractivity contribution in [2.24, 2.45) is 0 Å². The Morgan fingerprint density at radius 1 is 0.833 bits per heavy atom. The van der Waals surface area contributed by atoms with E-state index in [2.05, 4.69) is 12.6 Å². The van der Waals surface area contributed by atoms with Crippen LogP contribution in [0.2, 0.25) is 10.0 Å². The maximum absolute atomic E-state index is 6.14. The van der Waals surface area contributed by atoms with E-state index >= 15 is 0 Å². The highest BCUT2D eigenvalue weighted by molar-refractivity contribution is 7.80. The van der Waals surface area contributed by atoms with Crippen LogP contribution in [0.4, 0.5) is 0 Å². The monoisotopic (exact) mass is 304 g/mol. The van der Waals surface area contributed by atoms with E-state index < -0.39 is 0 Å². The van der Waals surface area contributed by atoms with Gasteiger partial charge < -0.3 is 0 Å². The van der Waals surface area contributed by atoms with Crippen molar-refractivity contribution < 1.29 is 0 Å². The molecule has 0 N–H and O–H groups in total. The Balaban J connectivity index is 2.07. The van der Waals surface area contributed by atoms with Crippen LogP contribution in [0.15, 0.2) is 18.2 Å². The number of benzene rings is 1. The van der Waals surface area contributed by atoms with Gasteiger partial charge in [0.15, 0.2) is 0 Å². The molecule has 18 heavy (non-hydrogen) atoms. The summed E-state index contributed by atoms with van der Waals surface area (Å²) in [6.45, 7) is 0. The quantitative estimate of drug-likeness (QED) is 0.408. The summed E-state index contributed by atoms with van der Waals surface area (Å²) in [5.41, 5.74) is 1.22. The summed E-state index contributed by atoms with van der Waals surface area (Å²) in [5, 5.41) is 1.52. The fourth-order valence-corrected chi connectivity index (χ4v) is 2.76. The van der Waals surface area contributed by atoms with E-state index in [1.165, 1.54) is 50.5 Å². The number of thiol groups is 1. The fourth-order valence-electron chi connectivity index (χ4n) is 2.04. The van der Waals surface area contributed by atoms with Crippen molar-refractivity contribution in [2.75, 3.05) is 5.75 Å². The molecule has 3 heteroatoms. The summed E-state index contributed by atoms with van der Waals surface area (Å²) in [5.74, 6) is 1.02. The Morgan fingerprint density at radius 3 is 2.06 bits per heavy atom. The van der Waals surface area contributed by atoms with Crippen LogP contribution in [-0.4, -0.2) is 5.75 Å². The SMILES string of the molecule is SCCCCCCCCCc1ccc(Cl)cc1Cl. The van der Waals surface area contributed by atoms with Gasteiger partial charge in [0, 0.05) is 10.0 Å². The molecule has 0 aliphatic carbocycles. The second-order valence-corrected chi connectivity index (χ2v) is 5.98. The molecule has 0 bridgehead atoms. The second-order valence-electron chi connectivity index (χ2n) is 4.68. The Labute approximate surface area is 126 Å². The molecular formula is C15H22Cl2S. The molecule has 0 aromatic heterocycles. The van der Waals surface area contributed by atoms with E-state index in [1.807, 2.05) is 18.2 Å². The van der Waals surface area contributed by atoms with Crippen molar-refractivity contribution in [1.29, 1.82) is 0 Å². The topological polar surface area (TPSA) is 0 Å². The van der Waals surface area contributed by atoms with Crippen molar-refractivity contribution in [3.05, 3.63) is 33.8 Å². The number of halogens is 2. The first-order valence-corrected chi connectivity index (χ1v) is 8.17. The Kier molecular flexibility index (Phi) is 9.00. The van der Waals surface area contributed by atoms with Gasteiger partial charge in [0.25, 0.3) is 0 Å². The highest BCUT2D eigenvalue weighted by atomic mass is 35.5. The van der Waals surface area contributed by atoms with Gasteiger partial charge in [-0.2, -0.15) is 12.6 Å². The number of aryl methyl sites for hydroxylation is 1. The third-order valence-electron chi connectivity index (χ3n) is 3.12. The van der Waals surface area contributed by atoms with E-state index in [9.17, 15) is 0 Å². The van der Waals surface area contributed by atoms with E-state index in [1.54, 1.807) is 0 Å². The minimum absolute atomic E-state index is 0.716. The van der Waals surface area contributed by atoms with Crippen LogP contribution in [0.25, 0.3) is 0 Å². The van der Waals surface area contributed by atoms with E-state index in [0.717, 1.165) is 17.2 Å². The van der Waals surface area contributed by atoms with Crippen LogP contribution < -0.4 is 0 Å². The maximum Gasteiger partial charge on any atom is 0.0452 e. The first-order chi connectivity index (χ1) is 8.74. The lowest BCUT2D eigenvalue weighted by molar-refractivity contribution is 0.591. The zero-order valence-electron chi connectivity index (χ0n) is 10.8. The fraction of sp³-hybridized carbons (Fsp3) is 0.600. The van der Waals surface area contributed by atoms with E-state index in [0.29, 0.717) is 5.02 Å².